The predicted octanol–water partition coefficient (Wildman–Crippen LogP) is 4.82. The second-order valence-electron chi connectivity index (χ2n) is 5.37. The molecule has 0 saturated heterocycles. The Labute approximate surface area is 145 Å². The summed E-state index contributed by atoms with van der Waals surface area (Å²) in [5, 5.41) is 11.3. The maximum absolute atomic E-state index is 11.9. The minimum Gasteiger partial charge on any atom is -0.297 e. The lowest BCUT2D eigenvalue weighted by Gasteiger charge is -2.04. The number of carbonyl (C=O) groups is 1. The summed E-state index contributed by atoms with van der Waals surface area (Å²) in [5.41, 5.74) is 2.29. The maximum atomic E-state index is 11.9. The van der Waals surface area contributed by atoms with Gasteiger partial charge in [0.1, 0.15) is 0 Å². The molecule has 1 aromatic carbocycles. The largest absolute Gasteiger partial charge is 0.297 e. The number of nitrogens with zero attached hydrogens (tertiary/aromatic N) is 2. The predicted molar refractivity (Wildman–Crippen MR) is 99.1 cm³/mol. The Bertz CT molecular complexity index is 663. The van der Waals surface area contributed by atoms with E-state index < -0.39 is 0 Å². The zero-order valence-corrected chi connectivity index (χ0v) is 15.2. The molecule has 0 unspecified atom stereocenters. The van der Waals surface area contributed by atoms with Gasteiger partial charge in [-0.1, -0.05) is 68.1 Å². The molecule has 0 fully saturated rings. The van der Waals surface area contributed by atoms with Gasteiger partial charge in [0.25, 0.3) is 0 Å². The van der Waals surface area contributed by atoms with Crippen LogP contribution in [0.15, 0.2) is 34.7 Å². The van der Waals surface area contributed by atoms with Gasteiger partial charge < -0.3 is 0 Å². The SMILES string of the molecule is CCCSc1nnc(NC(=O)/C=C/c2ccc(C(C)C)cc2)s1. The van der Waals surface area contributed by atoms with Crippen LogP contribution < -0.4 is 5.32 Å². The summed E-state index contributed by atoms with van der Waals surface area (Å²) in [6.45, 7) is 6.44. The van der Waals surface area contributed by atoms with Crippen LogP contribution in [-0.2, 0) is 4.79 Å². The molecule has 0 aliphatic heterocycles. The van der Waals surface area contributed by atoms with Gasteiger partial charge in [-0.15, -0.1) is 10.2 Å². The Morgan fingerprint density at radius 1 is 1.30 bits per heavy atom. The number of rotatable bonds is 7. The molecule has 2 aromatic rings. The van der Waals surface area contributed by atoms with Crippen molar-refractivity contribution in [3.8, 4) is 0 Å². The Kier molecular flexibility index (Phi) is 6.80. The highest BCUT2D eigenvalue weighted by Gasteiger charge is 2.06. The number of carbonyl (C=O) groups excluding carboxylic acids is 1. The molecule has 23 heavy (non-hydrogen) atoms. The van der Waals surface area contributed by atoms with Crippen LogP contribution in [-0.4, -0.2) is 21.9 Å². The molecule has 0 bridgehead atoms. The van der Waals surface area contributed by atoms with Crippen molar-refractivity contribution in [1.82, 2.24) is 10.2 Å². The lowest BCUT2D eigenvalue weighted by molar-refractivity contribution is -0.111. The smallest absolute Gasteiger partial charge is 0.250 e. The molecule has 1 amide bonds. The van der Waals surface area contributed by atoms with Gasteiger partial charge in [-0.25, -0.2) is 0 Å². The molecule has 122 valence electrons. The molecular formula is C17H21N3OS2. The molecule has 6 heteroatoms. The third-order valence-electron chi connectivity index (χ3n) is 3.10. The summed E-state index contributed by atoms with van der Waals surface area (Å²) < 4.78 is 0.885. The van der Waals surface area contributed by atoms with Gasteiger partial charge in [0.15, 0.2) is 4.34 Å². The minimum atomic E-state index is -0.193. The van der Waals surface area contributed by atoms with Gasteiger partial charge in [0.2, 0.25) is 11.0 Å². The van der Waals surface area contributed by atoms with Gasteiger partial charge in [-0.3, -0.25) is 10.1 Å². The lowest BCUT2D eigenvalue weighted by Crippen LogP contribution is -2.07. The van der Waals surface area contributed by atoms with E-state index in [1.807, 2.05) is 12.1 Å². The number of benzene rings is 1. The molecule has 0 aliphatic carbocycles. The normalized spacial score (nSPS) is 11.3. The number of aromatic nitrogens is 2. The molecule has 4 nitrogen and oxygen atoms in total. The number of thioether (sulfide) groups is 1. The number of amides is 1. The molecular weight excluding hydrogens is 326 g/mol. The first kappa shape index (κ1) is 17.7. The summed E-state index contributed by atoms with van der Waals surface area (Å²) in [4.78, 5) is 11.9. The van der Waals surface area contributed by atoms with E-state index in [0.717, 1.165) is 22.1 Å². The van der Waals surface area contributed by atoms with Crippen LogP contribution in [0.4, 0.5) is 5.13 Å². The molecule has 0 radical (unpaired) electrons. The first-order chi connectivity index (χ1) is 11.1. The molecule has 0 spiro atoms. The Morgan fingerprint density at radius 2 is 2.04 bits per heavy atom. The van der Waals surface area contributed by atoms with Crippen molar-refractivity contribution in [3.05, 3.63) is 41.5 Å². The van der Waals surface area contributed by atoms with E-state index in [1.54, 1.807) is 17.8 Å². The van der Waals surface area contributed by atoms with Crippen molar-refractivity contribution in [2.75, 3.05) is 11.1 Å². The fourth-order valence-corrected chi connectivity index (χ4v) is 3.50. The second-order valence-corrected chi connectivity index (χ2v) is 7.69. The molecule has 0 saturated carbocycles. The lowest BCUT2D eigenvalue weighted by atomic mass is 10.0. The summed E-state index contributed by atoms with van der Waals surface area (Å²) in [7, 11) is 0. The van der Waals surface area contributed by atoms with Crippen molar-refractivity contribution in [1.29, 1.82) is 0 Å². The first-order valence-electron chi connectivity index (χ1n) is 7.63. The Balaban J connectivity index is 1.89. The number of nitrogens with one attached hydrogen (secondary N) is 1. The van der Waals surface area contributed by atoms with E-state index in [2.05, 4.69) is 48.4 Å². The highest BCUT2D eigenvalue weighted by atomic mass is 32.2. The maximum Gasteiger partial charge on any atom is 0.250 e. The van der Waals surface area contributed by atoms with Gasteiger partial charge in [0, 0.05) is 11.8 Å². The molecule has 2 rings (SSSR count). The fraction of sp³-hybridized carbons (Fsp3) is 0.353. The number of hydrogen-bond donors (Lipinski definition) is 1. The van der Waals surface area contributed by atoms with Crippen LogP contribution in [0, 0.1) is 0 Å². The topological polar surface area (TPSA) is 54.9 Å². The van der Waals surface area contributed by atoms with Crippen LogP contribution in [0.25, 0.3) is 6.08 Å². The fourth-order valence-electron chi connectivity index (χ4n) is 1.82. The monoisotopic (exact) mass is 347 g/mol. The minimum absolute atomic E-state index is 0.193. The van der Waals surface area contributed by atoms with Crippen LogP contribution in [0.2, 0.25) is 0 Å². The highest BCUT2D eigenvalue weighted by Crippen LogP contribution is 2.25. The third-order valence-corrected chi connectivity index (χ3v) is 5.27. The van der Waals surface area contributed by atoms with Gasteiger partial charge in [-0.05, 0) is 29.5 Å². The first-order valence-corrected chi connectivity index (χ1v) is 9.44. The van der Waals surface area contributed by atoms with Crippen molar-refractivity contribution >= 4 is 40.2 Å². The summed E-state index contributed by atoms with van der Waals surface area (Å²) in [5.74, 6) is 1.32. The zero-order valence-electron chi connectivity index (χ0n) is 13.6. The quantitative estimate of drug-likeness (QED) is 0.443. The van der Waals surface area contributed by atoms with E-state index >= 15 is 0 Å². The molecule has 1 heterocycles. The van der Waals surface area contributed by atoms with Crippen LogP contribution in [0.3, 0.4) is 0 Å². The Hall–Kier alpha value is -1.66. The van der Waals surface area contributed by atoms with Crippen LogP contribution in [0.1, 0.15) is 44.2 Å². The zero-order chi connectivity index (χ0) is 16.7. The van der Waals surface area contributed by atoms with Gasteiger partial charge in [0.05, 0.1) is 0 Å². The van der Waals surface area contributed by atoms with E-state index in [-0.39, 0.29) is 5.91 Å². The van der Waals surface area contributed by atoms with E-state index in [0.29, 0.717) is 11.0 Å². The molecule has 1 aromatic heterocycles. The summed E-state index contributed by atoms with van der Waals surface area (Å²) in [6.07, 6.45) is 4.40. The average molecular weight is 348 g/mol. The number of hydrogen-bond acceptors (Lipinski definition) is 5. The third kappa shape index (κ3) is 5.80. The van der Waals surface area contributed by atoms with Crippen molar-refractivity contribution in [2.24, 2.45) is 0 Å². The van der Waals surface area contributed by atoms with E-state index in [4.69, 9.17) is 0 Å². The Morgan fingerprint density at radius 3 is 2.70 bits per heavy atom. The average Bonchev–Trinajstić information content (AvgIpc) is 2.98. The molecule has 0 aliphatic rings. The summed E-state index contributed by atoms with van der Waals surface area (Å²) in [6, 6.07) is 8.21. The van der Waals surface area contributed by atoms with Gasteiger partial charge >= 0.3 is 0 Å². The highest BCUT2D eigenvalue weighted by molar-refractivity contribution is 8.01. The van der Waals surface area contributed by atoms with Crippen LogP contribution >= 0.6 is 23.1 Å². The second kappa shape index (κ2) is 8.84. The number of anilines is 1. The van der Waals surface area contributed by atoms with Crippen molar-refractivity contribution < 1.29 is 4.79 Å². The molecule has 1 N–H and O–H groups in total. The van der Waals surface area contributed by atoms with Gasteiger partial charge in [-0.2, -0.15) is 0 Å². The summed E-state index contributed by atoms with van der Waals surface area (Å²) >= 11 is 3.06. The standard InChI is InChI=1S/C17H21N3OS2/c1-4-11-22-17-20-19-16(23-17)18-15(21)10-7-13-5-8-14(9-6-13)12(2)3/h5-10,12H,4,11H2,1-3H3,(H,18,19,21)/b10-7+. The van der Waals surface area contributed by atoms with Crippen molar-refractivity contribution in [3.63, 3.8) is 0 Å². The van der Waals surface area contributed by atoms with Crippen LogP contribution in [0.5, 0.6) is 0 Å². The van der Waals surface area contributed by atoms with E-state index in [1.165, 1.54) is 23.0 Å². The van der Waals surface area contributed by atoms with Crippen molar-refractivity contribution in [2.45, 2.75) is 37.4 Å². The van der Waals surface area contributed by atoms with E-state index in [9.17, 15) is 4.79 Å². The molecule has 0 atom stereocenters.